The highest BCUT2D eigenvalue weighted by Crippen LogP contribution is 2.13. The molecule has 0 aliphatic heterocycles. The molecular weight excluding hydrogens is 452 g/mol. The molecule has 0 aliphatic carbocycles. The molecular formula is C26H32N2O7. The summed E-state index contributed by atoms with van der Waals surface area (Å²) in [4.78, 5) is 47.7. The average Bonchev–Trinajstić information content (AvgIpc) is 2.81. The van der Waals surface area contributed by atoms with E-state index in [1.165, 1.54) is 12.1 Å². The number of alkyl carbamates (subject to hydrolysis) is 1. The Kier molecular flexibility index (Phi) is 10.3. The standard InChI is InChI=1S/C26H32N2O7/c1-26(2,3)35-24(32)20-14-12-19(13-15-20)22(29)27-16-8-7-11-21(23(30)31)28-25(33)34-17-18-9-5-4-6-10-18/h4-6,9-10,12-15,21H,7-8,11,16-17H2,1-3H3,(H,27,29)(H,28,33)(H,30,31)/t21-/m0/s1. The van der Waals surface area contributed by atoms with Gasteiger partial charge in [0.05, 0.1) is 5.56 Å². The fraction of sp³-hybridized carbons (Fsp3) is 0.385. The highest BCUT2D eigenvalue weighted by Gasteiger charge is 2.20. The fourth-order valence-corrected chi connectivity index (χ4v) is 3.04. The number of hydrogen-bond acceptors (Lipinski definition) is 6. The number of amides is 2. The maximum Gasteiger partial charge on any atom is 0.408 e. The van der Waals surface area contributed by atoms with E-state index >= 15 is 0 Å². The van der Waals surface area contributed by atoms with Gasteiger partial charge in [-0.25, -0.2) is 14.4 Å². The van der Waals surface area contributed by atoms with Crippen molar-refractivity contribution in [2.75, 3.05) is 6.54 Å². The van der Waals surface area contributed by atoms with E-state index in [0.717, 1.165) is 5.56 Å². The minimum absolute atomic E-state index is 0.0454. The van der Waals surface area contributed by atoms with Crippen molar-refractivity contribution in [1.29, 1.82) is 0 Å². The van der Waals surface area contributed by atoms with E-state index in [4.69, 9.17) is 9.47 Å². The molecule has 2 aromatic carbocycles. The Morgan fingerprint density at radius 2 is 1.54 bits per heavy atom. The Labute approximate surface area is 204 Å². The quantitative estimate of drug-likeness (QED) is 0.325. The second-order valence-corrected chi connectivity index (χ2v) is 8.93. The van der Waals surface area contributed by atoms with Gasteiger partial charge in [0.1, 0.15) is 18.2 Å². The van der Waals surface area contributed by atoms with Crippen molar-refractivity contribution in [2.45, 2.75) is 58.3 Å². The molecule has 3 N–H and O–H groups in total. The number of rotatable bonds is 11. The third-order valence-electron chi connectivity index (χ3n) is 4.79. The molecule has 0 fully saturated rings. The van der Waals surface area contributed by atoms with E-state index in [1.807, 2.05) is 18.2 Å². The lowest BCUT2D eigenvalue weighted by molar-refractivity contribution is -0.139. The normalized spacial score (nSPS) is 11.7. The summed E-state index contributed by atoms with van der Waals surface area (Å²) in [6.07, 6.45) is 0.375. The fourth-order valence-electron chi connectivity index (χ4n) is 3.04. The van der Waals surface area contributed by atoms with Crippen LogP contribution in [0.25, 0.3) is 0 Å². The van der Waals surface area contributed by atoms with Gasteiger partial charge in [-0.3, -0.25) is 4.79 Å². The lowest BCUT2D eigenvalue weighted by Crippen LogP contribution is -2.41. The van der Waals surface area contributed by atoms with Crippen LogP contribution < -0.4 is 10.6 Å². The van der Waals surface area contributed by atoms with Gasteiger partial charge in [-0.05, 0) is 69.9 Å². The number of hydrogen-bond donors (Lipinski definition) is 3. The van der Waals surface area contributed by atoms with Crippen LogP contribution in [-0.4, -0.2) is 47.2 Å². The molecule has 2 amide bonds. The van der Waals surface area contributed by atoms with Crippen molar-refractivity contribution < 1.29 is 33.8 Å². The number of carboxylic acid groups (broad SMARTS) is 1. The molecule has 0 unspecified atom stereocenters. The van der Waals surface area contributed by atoms with Gasteiger partial charge in [0.2, 0.25) is 0 Å². The van der Waals surface area contributed by atoms with Gasteiger partial charge >= 0.3 is 18.0 Å². The largest absolute Gasteiger partial charge is 0.480 e. The van der Waals surface area contributed by atoms with Crippen molar-refractivity contribution in [3.63, 3.8) is 0 Å². The summed E-state index contributed by atoms with van der Waals surface area (Å²) in [5, 5.41) is 14.5. The van der Waals surface area contributed by atoms with Crippen LogP contribution in [0.3, 0.4) is 0 Å². The van der Waals surface area contributed by atoms with Crippen LogP contribution in [0.4, 0.5) is 4.79 Å². The van der Waals surface area contributed by atoms with Crippen LogP contribution in [0.2, 0.25) is 0 Å². The smallest absolute Gasteiger partial charge is 0.408 e. The number of ether oxygens (including phenoxy) is 2. The Morgan fingerprint density at radius 3 is 2.14 bits per heavy atom. The molecule has 0 radical (unpaired) electrons. The summed E-state index contributed by atoms with van der Waals surface area (Å²) in [6.45, 7) is 5.71. The van der Waals surface area contributed by atoms with Crippen molar-refractivity contribution in [3.05, 3.63) is 71.3 Å². The number of carbonyl (C=O) groups excluding carboxylic acids is 3. The van der Waals surface area contributed by atoms with Gasteiger partial charge < -0.3 is 25.2 Å². The molecule has 9 nitrogen and oxygen atoms in total. The minimum Gasteiger partial charge on any atom is -0.480 e. The first kappa shape index (κ1) is 27.4. The average molecular weight is 485 g/mol. The molecule has 1 atom stereocenters. The third-order valence-corrected chi connectivity index (χ3v) is 4.79. The zero-order valence-corrected chi connectivity index (χ0v) is 20.2. The van der Waals surface area contributed by atoms with Crippen molar-refractivity contribution >= 4 is 23.9 Å². The number of carbonyl (C=O) groups is 4. The van der Waals surface area contributed by atoms with Crippen LogP contribution in [-0.2, 0) is 20.9 Å². The van der Waals surface area contributed by atoms with Crippen LogP contribution in [0.5, 0.6) is 0 Å². The molecule has 9 heteroatoms. The molecule has 0 spiro atoms. The highest BCUT2D eigenvalue weighted by atomic mass is 16.6. The summed E-state index contributed by atoms with van der Waals surface area (Å²) in [5.41, 5.74) is 0.935. The summed E-state index contributed by atoms with van der Waals surface area (Å²) >= 11 is 0. The summed E-state index contributed by atoms with van der Waals surface area (Å²) < 4.78 is 10.4. The zero-order valence-electron chi connectivity index (χ0n) is 20.2. The molecule has 2 rings (SSSR count). The molecule has 0 saturated heterocycles. The monoisotopic (exact) mass is 484 g/mol. The minimum atomic E-state index is -1.16. The maximum absolute atomic E-state index is 12.3. The number of esters is 1. The first-order valence-electron chi connectivity index (χ1n) is 11.4. The summed E-state index contributed by atoms with van der Waals surface area (Å²) in [7, 11) is 0. The lowest BCUT2D eigenvalue weighted by Gasteiger charge is -2.19. The molecule has 0 aromatic heterocycles. The summed E-state index contributed by atoms with van der Waals surface area (Å²) in [6, 6.07) is 14.1. The third kappa shape index (κ3) is 10.3. The molecule has 0 bridgehead atoms. The van der Waals surface area contributed by atoms with Gasteiger partial charge in [-0.1, -0.05) is 30.3 Å². The van der Waals surface area contributed by atoms with E-state index in [-0.39, 0.29) is 18.9 Å². The SMILES string of the molecule is CC(C)(C)OC(=O)c1ccc(C(=O)NCCCC[C@H](NC(=O)OCc2ccccc2)C(=O)O)cc1. The van der Waals surface area contributed by atoms with Gasteiger partial charge in [0.25, 0.3) is 5.91 Å². The zero-order chi connectivity index (χ0) is 25.8. The Bertz CT molecular complexity index is 999. The van der Waals surface area contributed by atoms with Gasteiger partial charge in [-0.15, -0.1) is 0 Å². The highest BCUT2D eigenvalue weighted by molar-refractivity contribution is 5.96. The van der Waals surface area contributed by atoms with Gasteiger partial charge in [-0.2, -0.15) is 0 Å². The number of aliphatic carboxylic acids is 1. The van der Waals surface area contributed by atoms with E-state index in [2.05, 4.69) is 10.6 Å². The first-order valence-corrected chi connectivity index (χ1v) is 11.4. The predicted molar refractivity (Wildman–Crippen MR) is 129 cm³/mol. The molecule has 188 valence electrons. The molecule has 0 aliphatic rings. The van der Waals surface area contributed by atoms with E-state index < -0.39 is 29.7 Å². The maximum atomic E-state index is 12.3. The Morgan fingerprint density at radius 1 is 0.914 bits per heavy atom. The van der Waals surface area contributed by atoms with Crippen molar-refractivity contribution in [2.24, 2.45) is 0 Å². The van der Waals surface area contributed by atoms with Crippen molar-refractivity contribution in [1.82, 2.24) is 10.6 Å². The summed E-state index contributed by atoms with van der Waals surface area (Å²) in [5.74, 6) is -1.93. The second kappa shape index (κ2) is 13.1. The molecule has 0 saturated carbocycles. The van der Waals surface area contributed by atoms with Crippen LogP contribution in [0.1, 0.15) is 66.3 Å². The topological polar surface area (TPSA) is 131 Å². The molecule has 0 heterocycles. The van der Waals surface area contributed by atoms with E-state index in [0.29, 0.717) is 30.5 Å². The number of unbranched alkanes of at least 4 members (excludes halogenated alkanes) is 1. The van der Waals surface area contributed by atoms with E-state index in [9.17, 15) is 24.3 Å². The Hall–Kier alpha value is -3.88. The second-order valence-electron chi connectivity index (χ2n) is 8.93. The number of benzene rings is 2. The van der Waals surface area contributed by atoms with Gasteiger partial charge in [0, 0.05) is 12.1 Å². The first-order chi connectivity index (χ1) is 16.5. The lowest BCUT2D eigenvalue weighted by atomic mass is 10.1. The Balaban J connectivity index is 1.70. The van der Waals surface area contributed by atoms with Crippen LogP contribution in [0.15, 0.2) is 54.6 Å². The van der Waals surface area contributed by atoms with Crippen LogP contribution in [0, 0.1) is 0 Å². The molecule has 2 aromatic rings. The van der Waals surface area contributed by atoms with Gasteiger partial charge in [0.15, 0.2) is 0 Å². The molecule has 35 heavy (non-hydrogen) atoms. The van der Waals surface area contributed by atoms with Crippen molar-refractivity contribution in [3.8, 4) is 0 Å². The number of carboxylic acids is 1. The number of nitrogens with one attached hydrogen (secondary N) is 2. The van der Waals surface area contributed by atoms with Crippen LogP contribution >= 0.6 is 0 Å². The van der Waals surface area contributed by atoms with E-state index in [1.54, 1.807) is 45.0 Å². The predicted octanol–water partition coefficient (Wildman–Crippen LogP) is 3.92.